The first-order chi connectivity index (χ1) is 10.7. The summed E-state index contributed by atoms with van der Waals surface area (Å²) in [6.07, 6.45) is 1.23. The summed E-state index contributed by atoms with van der Waals surface area (Å²) in [4.78, 5) is 11.7. The highest BCUT2D eigenvalue weighted by Gasteiger charge is 2.30. The number of sulfonamides is 1. The number of rotatable bonds is 5. The predicted octanol–water partition coefficient (Wildman–Crippen LogP) is 2.71. The minimum Gasteiger partial charge on any atom is -0.494 e. The topological polar surface area (TPSA) is 63.7 Å². The van der Waals surface area contributed by atoms with Crippen LogP contribution < -0.4 is 4.74 Å². The van der Waals surface area contributed by atoms with E-state index in [9.17, 15) is 13.2 Å². The Balaban J connectivity index is 1.87. The summed E-state index contributed by atoms with van der Waals surface area (Å²) in [5.41, 5.74) is 1.23. The minimum atomic E-state index is -3.42. The second-order valence-electron chi connectivity index (χ2n) is 6.87. The SMILES string of the molecule is CC(C)(C)c1cccc(OCCCN2C(=O)CCCS2(=O)=O)c1. The number of nitrogens with zero attached hydrogens (tertiary/aromatic N) is 1. The maximum atomic E-state index is 11.9. The molecule has 0 radical (unpaired) electrons. The Bertz CT molecular complexity index is 661. The molecule has 0 aliphatic carbocycles. The number of benzene rings is 1. The quantitative estimate of drug-likeness (QED) is 0.774. The molecular formula is C17H25NO4S. The average Bonchev–Trinajstić information content (AvgIpc) is 2.45. The second-order valence-corrected chi connectivity index (χ2v) is 8.88. The number of amides is 1. The van der Waals surface area contributed by atoms with Crippen LogP contribution in [0.3, 0.4) is 0 Å². The summed E-state index contributed by atoms with van der Waals surface area (Å²) in [6.45, 7) is 6.99. The molecule has 1 amide bonds. The van der Waals surface area contributed by atoms with Gasteiger partial charge in [0.05, 0.1) is 12.4 Å². The van der Waals surface area contributed by atoms with Gasteiger partial charge >= 0.3 is 0 Å². The first-order valence-corrected chi connectivity index (χ1v) is 9.58. The van der Waals surface area contributed by atoms with Crippen molar-refractivity contribution < 1.29 is 17.9 Å². The molecule has 1 aliphatic heterocycles. The Morgan fingerprint density at radius 1 is 1.26 bits per heavy atom. The fraction of sp³-hybridized carbons (Fsp3) is 0.588. The molecule has 1 saturated heterocycles. The summed E-state index contributed by atoms with van der Waals surface area (Å²) in [5.74, 6) is 0.531. The fourth-order valence-electron chi connectivity index (χ4n) is 2.51. The van der Waals surface area contributed by atoms with Crippen molar-refractivity contribution in [2.75, 3.05) is 18.9 Å². The first-order valence-electron chi connectivity index (χ1n) is 7.97. The zero-order valence-electron chi connectivity index (χ0n) is 14.0. The lowest BCUT2D eigenvalue weighted by Crippen LogP contribution is -2.43. The molecule has 0 aromatic heterocycles. The largest absolute Gasteiger partial charge is 0.494 e. The highest BCUT2D eigenvalue weighted by Crippen LogP contribution is 2.25. The van der Waals surface area contributed by atoms with Crippen molar-refractivity contribution in [2.24, 2.45) is 0 Å². The van der Waals surface area contributed by atoms with Gasteiger partial charge in [-0.3, -0.25) is 4.79 Å². The Hall–Kier alpha value is -1.56. The van der Waals surface area contributed by atoms with Crippen molar-refractivity contribution in [1.82, 2.24) is 4.31 Å². The lowest BCUT2D eigenvalue weighted by Gasteiger charge is -2.26. The van der Waals surface area contributed by atoms with Gasteiger partial charge in [-0.05, 0) is 29.5 Å². The molecule has 1 fully saturated rings. The Morgan fingerprint density at radius 2 is 2.00 bits per heavy atom. The number of hydrogen-bond acceptors (Lipinski definition) is 4. The summed E-state index contributed by atoms with van der Waals surface area (Å²) in [5, 5.41) is 0. The summed E-state index contributed by atoms with van der Waals surface area (Å²) in [6, 6.07) is 7.90. The van der Waals surface area contributed by atoms with Crippen LogP contribution in [0, 0.1) is 0 Å². The summed E-state index contributed by atoms with van der Waals surface area (Å²) >= 11 is 0. The molecular weight excluding hydrogens is 314 g/mol. The van der Waals surface area contributed by atoms with Crippen molar-refractivity contribution in [2.45, 2.75) is 45.4 Å². The van der Waals surface area contributed by atoms with Crippen molar-refractivity contribution >= 4 is 15.9 Å². The number of carbonyl (C=O) groups is 1. The van der Waals surface area contributed by atoms with Gasteiger partial charge in [-0.15, -0.1) is 0 Å². The van der Waals surface area contributed by atoms with Gasteiger partial charge in [0.15, 0.2) is 0 Å². The van der Waals surface area contributed by atoms with Crippen LogP contribution in [0.1, 0.15) is 45.6 Å². The predicted molar refractivity (Wildman–Crippen MR) is 90.0 cm³/mol. The van der Waals surface area contributed by atoms with E-state index in [1.54, 1.807) is 0 Å². The van der Waals surface area contributed by atoms with E-state index < -0.39 is 10.0 Å². The van der Waals surface area contributed by atoms with Gasteiger partial charge in [0.2, 0.25) is 15.9 Å². The molecule has 0 unspecified atom stereocenters. The first kappa shape index (κ1) is 17.8. The van der Waals surface area contributed by atoms with Gasteiger partial charge in [0.25, 0.3) is 0 Å². The molecule has 2 rings (SSSR count). The van der Waals surface area contributed by atoms with Crippen molar-refractivity contribution in [3.63, 3.8) is 0 Å². The third-order valence-corrected chi connectivity index (χ3v) is 5.74. The molecule has 6 heteroatoms. The van der Waals surface area contributed by atoms with Crippen LogP contribution in [0.25, 0.3) is 0 Å². The monoisotopic (exact) mass is 339 g/mol. The van der Waals surface area contributed by atoms with Crippen LogP contribution in [-0.4, -0.2) is 37.5 Å². The molecule has 128 valence electrons. The number of ether oxygens (including phenoxy) is 1. The zero-order chi connectivity index (χ0) is 17.1. The van der Waals surface area contributed by atoms with E-state index in [4.69, 9.17) is 4.74 Å². The molecule has 0 saturated carbocycles. The molecule has 0 N–H and O–H groups in total. The van der Waals surface area contributed by atoms with Crippen LogP contribution in [0.15, 0.2) is 24.3 Å². The van der Waals surface area contributed by atoms with E-state index >= 15 is 0 Å². The van der Waals surface area contributed by atoms with Crippen LogP contribution in [-0.2, 0) is 20.2 Å². The van der Waals surface area contributed by atoms with Crippen LogP contribution >= 0.6 is 0 Å². The summed E-state index contributed by atoms with van der Waals surface area (Å²) in [7, 11) is -3.42. The maximum absolute atomic E-state index is 11.9. The molecule has 23 heavy (non-hydrogen) atoms. The highest BCUT2D eigenvalue weighted by molar-refractivity contribution is 7.89. The third-order valence-electron chi connectivity index (χ3n) is 3.88. The lowest BCUT2D eigenvalue weighted by atomic mass is 9.87. The molecule has 1 aliphatic rings. The lowest BCUT2D eigenvalue weighted by molar-refractivity contribution is -0.127. The molecule has 1 aromatic carbocycles. The van der Waals surface area contributed by atoms with Crippen LogP contribution in [0.4, 0.5) is 0 Å². The average molecular weight is 339 g/mol. The zero-order valence-corrected chi connectivity index (χ0v) is 14.9. The van der Waals surface area contributed by atoms with Crippen LogP contribution in [0.5, 0.6) is 5.75 Å². The summed E-state index contributed by atoms with van der Waals surface area (Å²) < 4.78 is 30.5. The molecule has 5 nitrogen and oxygen atoms in total. The Kier molecular flexibility index (Phi) is 5.34. The number of carbonyl (C=O) groups excluding carboxylic acids is 1. The third kappa shape index (κ3) is 4.70. The van der Waals surface area contributed by atoms with E-state index in [2.05, 4.69) is 26.8 Å². The van der Waals surface area contributed by atoms with Crippen molar-refractivity contribution in [1.29, 1.82) is 0 Å². The molecule has 0 spiro atoms. The van der Waals surface area contributed by atoms with Gasteiger partial charge < -0.3 is 4.74 Å². The second kappa shape index (κ2) is 6.91. The smallest absolute Gasteiger partial charge is 0.237 e. The molecule has 0 atom stereocenters. The Morgan fingerprint density at radius 3 is 2.65 bits per heavy atom. The minimum absolute atomic E-state index is 0.0493. The van der Waals surface area contributed by atoms with E-state index in [1.807, 2.05) is 18.2 Å². The van der Waals surface area contributed by atoms with Gasteiger partial charge in [0.1, 0.15) is 5.75 Å². The highest BCUT2D eigenvalue weighted by atomic mass is 32.2. The van der Waals surface area contributed by atoms with Gasteiger partial charge in [-0.25, -0.2) is 12.7 Å². The van der Waals surface area contributed by atoms with Crippen molar-refractivity contribution in [3.05, 3.63) is 29.8 Å². The van der Waals surface area contributed by atoms with E-state index in [0.29, 0.717) is 25.9 Å². The van der Waals surface area contributed by atoms with E-state index in [-0.39, 0.29) is 23.6 Å². The van der Waals surface area contributed by atoms with E-state index in [1.165, 1.54) is 5.56 Å². The standard InChI is InChI=1S/C17H25NO4S/c1-17(2,3)14-7-4-8-15(13-14)22-11-6-10-18-16(19)9-5-12-23(18,20)21/h4,7-8,13H,5-6,9-12H2,1-3H3. The fourth-order valence-corrected chi connectivity index (χ4v) is 4.05. The normalized spacial score (nSPS) is 18.0. The van der Waals surface area contributed by atoms with Gasteiger partial charge in [-0.1, -0.05) is 32.9 Å². The van der Waals surface area contributed by atoms with Crippen LogP contribution in [0.2, 0.25) is 0 Å². The maximum Gasteiger partial charge on any atom is 0.237 e. The van der Waals surface area contributed by atoms with Crippen molar-refractivity contribution in [3.8, 4) is 5.75 Å². The Labute approximate surface area is 138 Å². The van der Waals surface area contributed by atoms with Gasteiger partial charge in [0, 0.05) is 19.4 Å². The molecule has 1 aromatic rings. The number of hydrogen-bond donors (Lipinski definition) is 0. The van der Waals surface area contributed by atoms with Gasteiger partial charge in [-0.2, -0.15) is 0 Å². The molecule has 0 bridgehead atoms. The van der Waals surface area contributed by atoms with E-state index in [0.717, 1.165) is 10.1 Å². The molecule has 1 heterocycles.